The number of hydrogen-bond donors (Lipinski definition) is 0. The minimum atomic E-state index is 0.0994. The van der Waals surface area contributed by atoms with Gasteiger partial charge in [-0.15, -0.1) is 11.3 Å². The van der Waals surface area contributed by atoms with Crippen LogP contribution in [0.25, 0.3) is 76.6 Å². The molecule has 53 heavy (non-hydrogen) atoms. The third kappa shape index (κ3) is 4.42. The van der Waals surface area contributed by atoms with Crippen molar-refractivity contribution in [1.82, 2.24) is 15.0 Å². The van der Waals surface area contributed by atoms with Crippen molar-refractivity contribution < 1.29 is 0 Å². The average Bonchev–Trinajstić information content (AvgIpc) is 3.73. The number of hydrogen-bond acceptors (Lipinski definition) is 4. The third-order valence-corrected chi connectivity index (χ3v) is 14.5. The molecule has 6 aromatic carbocycles. The first-order chi connectivity index (χ1) is 26.2. The number of aromatic nitrogens is 3. The molecule has 0 unspecified atom stereocenters. The van der Waals surface area contributed by atoms with Crippen molar-refractivity contribution in [1.29, 1.82) is 0 Å². The highest BCUT2D eigenvalue weighted by Crippen LogP contribution is 2.69. The summed E-state index contributed by atoms with van der Waals surface area (Å²) in [5, 5.41) is 2.65. The molecule has 4 heteroatoms. The van der Waals surface area contributed by atoms with Crippen molar-refractivity contribution in [2.24, 2.45) is 23.7 Å². The highest BCUT2D eigenvalue weighted by Gasteiger charge is 2.61. The fourth-order valence-electron chi connectivity index (χ4n) is 11.4. The van der Waals surface area contributed by atoms with Gasteiger partial charge in [-0.2, -0.15) is 0 Å². The molecule has 8 aromatic rings. The first-order valence-electron chi connectivity index (χ1n) is 19.3. The molecule has 0 radical (unpaired) electrons. The Labute approximate surface area is 313 Å². The third-order valence-electron chi connectivity index (χ3n) is 13.3. The van der Waals surface area contributed by atoms with Crippen LogP contribution in [0.15, 0.2) is 140 Å². The molecule has 4 saturated carbocycles. The van der Waals surface area contributed by atoms with E-state index in [1.165, 1.54) is 80.1 Å². The molecule has 4 bridgehead atoms. The van der Waals surface area contributed by atoms with Crippen LogP contribution in [0.3, 0.4) is 0 Å². The fourth-order valence-corrected chi connectivity index (χ4v) is 12.5. The van der Waals surface area contributed by atoms with Gasteiger partial charge in [-0.25, -0.2) is 15.0 Å². The van der Waals surface area contributed by atoms with Gasteiger partial charge < -0.3 is 0 Å². The van der Waals surface area contributed by atoms with Crippen LogP contribution in [0.5, 0.6) is 0 Å². The number of benzene rings is 6. The summed E-state index contributed by atoms with van der Waals surface area (Å²) in [7, 11) is 0. The van der Waals surface area contributed by atoms with Crippen LogP contribution in [0.2, 0.25) is 0 Å². The molecule has 1 spiro atoms. The molecule has 0 amide bonds. The Kier molecular flexibility index (Phi) is 6.39. The molecule has 0 aliphatic heterocycles. The molecule has 4 fully saturated rings. The lowest BCUT2D eigenvalue weighted by molar-refractivity contribution is -0.0399. The molecule has 2 heterocycles. The normalized spacial score (nSPS) is 23.5. The molecule has 13 rings (SSSR count). The minimum absolute atomic E-state index is 0.0994. The van der Waals surface area contributed by atoms with Crippen LogP contribution >= 0.6 is 11.3 Å². The highest BCUT2D eigenvalue weighted by atomic mass is 32.1. The Balaban J connectivity index is 0.970. The van der Waals surface area contributed by atoms with Crippen LogP contribution in [-0.4, -0.2) is 15.0 Å². The summed E-state index contributed by atoms with van der Waals surface area (Å²) in [5.41, 5.74) is 11.5. The Morgan fingerprint density at radius 2 is 0.981 bits per heavy atom. The first-order valence-corrected chi connectivity index (χ1v) is 20.1. The molecule has 0 N–H and O–H groups in total. The van der Waals surface area contributed by atoms with Crippen LogP contribution in [0.4, 0.5) is 0 Å². The van der Waals surface area contributed by atoms with Crippen LogP contribution in [-0.2, 0) is 5.41 Å². The maximum atomic E-state index is 5.25. The molecular weight excluding hydrogens is 663 g/mol. The van der Waals surface area contributed by atoms with Gasteiger partial charge >= 0.3 is 0 Å². The topological polar surface area (TPSA) is 38.7 Å². The average molecular weight is 700 g/mol. The van der Waals surface area contributed by atoms with Gasteiger partial charge in [0.15, 0.2) is 17.5 Å². The maximum absolute atomic E-state index is 5.25. The van der Waals surface area contributed by atoms with Crippen molar-refractivity contribution in [3.05, 3.63) is 151 Å². The largest absolute Gasteiger partial charge is 0.208 e. The fraction of sp³-hybridized carbons (Fsp3) is 0.204. The van der Waals surface area contributed by atoms with Gasteiger partial charge in [-0.3, -0.25) is 0 Å². The summed E-state index contributed by atoms with van der Waals surface area (Å²) < 4.78 is 2.64. The van der Waals surface area contributed by atoms with E-state index >= 15 is 0 Å². The van der Waals surface area contributed by atoms with E-state index in [1.807, 2.05) is 17.4 Å². The lowest BCUT2D eigenvalue weighted by Gasteiger charge is -2.61. The van der Waals surface area contributed by atoms with Crippen molar-refractivity contribution in [3.63, 3.8) is 0 Å². The molecule has 5 aliphatic carbocycles. The number of nitrogens with zero attached hydrogens (tertiary/aromatic N) is 3. The lowest BCUT2D eigenvalue weighted by Crippen LogP contribution is -2.55. The molecule has 5 aliphatic rings. The zero-order valence-corrected chi connectivity index (χ0v) is 30.2. The zero-order valence-electron chi connectivity index (χ0n) is 29.4. The lowest BCUT2D eigenvalue weighted by atomic mass is 9.43. The predicted molar refractivity (Wildman–Crippen MR) is 218 cm³/mol. The van der Waals surface area contributed by atoms with E-state index in [2.05, 4.69) is 133 Å². The number of rotatable bonds is 4. The first kappa shape index (κ1) is 30.1. The Bertz CT molecular complexity index is 2720. The van der Waals surface area contributed by atoms with Gasteiger partial charge in [0.05, 0.1) is 0 Å². The molecule has 2 aromatic heterocycles. The zero-order chi connectivity index (χ0) is 34.7. The quantitative estimate of drug-likeness (QED) is 0.184. The van der Waals surface area contributed by atoms with E-state index in [-0.39, 0.29) is 5.41 Å². The number of fused-ring (bicyclic) bond motifs is 6. The second-order valence-corrected chi connectivity index (χ2v) is 17.1. The summed E-state index contributed by atoms with van der Waals surface area (Å²) >= 11 is 1.86. The van der Waals surface area contributed by atoms with E-state index in [0.717, 1.165) is 34.4 Å². The summed E-state index contributed by atoms with van der Waals surface area (Å²) in [4.78, 5) is 15.5. The van der Waals surface area contributed by atoms with E-state index in [1.54, 1.807) is 5.56 Å². The van der Waals surface area contributed by atoms with E-state index in [4.69, 9.17) is 15.0 Å². The minimum Gasteiger partial charge on any atom is -0.208 e. The predicted octanol–water partition coefficient (Wildman–Crippen LogP) is 12.6. The monoisotopic (exact) mass is 699 g/mol. The van der Waals surface area contributed by atoms with Gasteiger partial charge in [0, 0.05) is 42.3 Å². The van der Waals surface area contributed by atoms with Gasteiger partial charge in [0.25, 0.3) is 0 Å². The Morgan fingerprint density at radius 1 is 0.415 bits per heavy atom. The number of thiophene rings is 1. The van der Waals surface area contributed by atoms with Crippen LogP contribution in [0.1, 0.15) is 43.2 Å². The molecule has 0 saturated heterocycles. The van der Waals surface area contributed by atoms with Crippen molar-refractivity contribution in [3.8, 4) is 56.4 Å². The summed E-state index contributed by atoms with van der Waals surface area (Å²) in [6.45, 7) is 0. The van der Waals surface area contributed by atoms with Crippen molar-refractivity contribution >= 4 is 31.5 Å². The van der Waals surface area contributed by atoms with Crippen LogP contribution in [0, 0.1) is 23.7 Å². The maximum Gasteiger partial charge on any atom is 0.164 e. The van der Waals surface area contributed by atoms with Gasteiger partial charge in [0.1, 0.15) is 0 Å². The smallest absolute Gasteiger partial charge is 0.164 e. The summed E-state index contributed by atoms with van der Waals surface area (Å²) in [6.07, 6.45) is 6.93. The Hall–Kier alpha value is -5.45. The highest BCUT2D eigenvalue weighted by molar-refractivity contribution is 7.25. The van der Waals surface area contributed by atoms with E-state index in [0.29, 0.717) is 23.5 Å². The Morgan fingerprint density at radius 3 is 1.75 bits per heavy atom. The molecule has 254 valence electrons. The standard InChI is InChI=1S/C49H37N3S/c1-2-8-32(9-3-1)46-50-47(33-16-14-31(15-17-33)34-18-21-41-40-11-5-7-13-44(40)53-45(41)28-34)52-48(51-46)35-19-20-39-38-10-4-6-12-42(38)49(43(39)27-35)36-23-29-22-30(25-36)26-37(49)24-29/h1-21,27-30,36-37H,22-26H2. The molecular formula is C49H37N3S. The molecule has 0 atom stereocenters. The molecule has 3 nitrogen and oxygen atoms in total. The van der Waals surface area contributed by atoms with Crippen molar-refractivity contribution in [2.75, 3.05) is 0 Å². The van der Waals surface area contributed by atoms with E-state index < -0.39 is 0 Å². The van der Waals surface area contributed by atoms with Gasteiger partial charge in [0.2, 0.25) is 0 Å². The summed E-state index contributed by atoms with van der Waals surface area (Å²) in [6, 6.07) is 51.1. The van der Waals surface area contributed by atoms with Crippen molar-refractivity contribution in [2.45, 2.75) is 37.5 Å². The SMILES string of the molecule is c1ccc(-c2nc(-c3ccc(-c4ccc5c(c4)sc4ccccc45)cc3)nc(-c3ccc4c(c3)C3(c5ccccc5-4)C4CC5CC(C4)CC3C5)n2)cc1. The van der Waals surface area contributed by atoms with Gasteiger partial charge in [-0.1, -0.05) is 121 Å². The second-order valence-electron chi connectivity index (χ2n) is 16.0. The van der Waals surface area contributed by atoms with Crippen LogP contribution < -0.4 is 0 Å². The summed E-state index contributed by atoms with van der Waals surface area (Å²) in [5.74, 6) is 5.39. The van der Waals surface area contributed by atoms with Gasteiger partial charge in [-0.05, 0) is 107 Å². The second kappa shape index (κ2) is 11.3. The van der Waals surface area contributed by atoms with E-state index in [9.17, 15) is 0 Å².